The topological polar surface area (TPSA) is 55.1 Å². The van der Waals surface area contributed by atoms with Gasteiger partial charge in [-0.15, -0.1) is 0 Å². The minimum absolute atomic E-state index is 0.0946. The fourth-order valence-electron chi connectivity index (χ4n) is 1.07. The van der Waals surface area contributed by atoms with Crippen LogP contribution in [0.5, 0.6) is 0 Å². The Hall–Kier alpha value is -0.780. The van der Waals surface area contributed by atoms with E-state index in [4.69, 9.17) is 5.73 Å². The van der Waals surface area contributed by atoms with Gasteiger partial charge in [0.05, 0.1) is 11.3 Å². The summed E-state index contributed by atoms with van der Waals surface area (Å²) < 4.78 is 0.909. The summed E-state index contributed by atoms with van der Waals surface area (Å²) in [4.78, 5) is 11.6. The molecule has 1 aromatic rings. The van der Waals surface area contributed by atoms with Crippen molar-refractivity contribution in [3.05, 3.63) is 27.3 Å². The average molecular weight is 304 g/mol. The number of amides is 1. The Morgan fingerprint density at radius 2 is 2.29 bits per heavy atom. The summed E-state index contributed by atoms with van der Waals surface area (Å²) in [6.45, 7) is 2.70. The van der Waals surface area contributed by atoms with Crippen molar-refractivity contribution in [2.45, 2.75) is 13.3 Å². The van der Waals surface area contributed by atoms with Gasteiger partial charge in [0.1, 0.15) is 0 Å². The van der Waals surface area contributed by atoms with Crippen LogP contribution in [0.15, 0.2) is 18.2 Å². The molecule has 1 aromatic carbocycles. The van der Waals surface area contributed by atoms with Crippen LogP contribution in [0.1, 0.15) is 23.7 Å². The Labute approximate surface area is 97.2 Å². The largest absolute Gasteiger partial charge is 0.397 e. The van der Waals surface area contributed by atoms with E-state index < -0.39 is 0 Å². The quantitative estimate of drug-likeness (QED) is 0.663. The van der Waals surface area contributed by atoms with Gasteiger partial charge in [-0.1, -0.05) is 13.0 Å². The third kappa shape index (κ3) is 2.60. The lowest BCUT2D eigenvalue weighted by Crippen LogP contribution is -2.25. The highest BCUT2D eigenvalue weighted by Gasteiger charge is 2.09. The van der Waals surface area contributed by atoms with Crippen LogP contribution in [0.25, 0.3) is 0 Å². The second-order valence-corrected chi connectivity index (χ2v) is 4.12. The van der Waals surface area contributed by atoms with E-state index in [1.165, 1.54) is 0 Å². The third-order valence-electron chi connectivity index (χ3n) is 1.83. The van der Waals surface area contributed by atoms with Crippen molar-refractivity contribution in [1.29, 1.82) is 0 Å². The van der Waals surface area contributed by atoms with Crippen LogP contribution in [0.3, 0.4) is 0 Å². The van der Waals surface area contributed by atoms with E-state index in [9.17, 15) is 4.79 Å². The summed E-state index contributed by atoms with van der Waals surface area (Å²) in [7, 11) is 0. The Morgan fingerprint density at radius 1 is 1.57 bits per heavy atom. The summed E-state index contributed by atoms with van der Waals surface area (Å²) >= 11 is 2.12. The number of halogens is 1. The van der Waals surface area contributed by atoms with Gasteiger partial charge in [-0.05, 0) is 41.1 Å². The predicted molar refractivity (Wildman–Crippen MR) is 66.2 cm³/mol. The summed E-state index contributed by atoms with van der Waals surface area (Å²) in [5.41, 5.74) is 6.90. The van der Waals surface area contributed by atoms with Crippen molar-refractivity contribution >= 4 is 34.2 Å². The molecule has 0 aliphatic carbocycles. The van der Waals surface area contributed by atoms with Crippen LogP contribution in [0.2, 0.25) is 0 Å². The minimum Gasteiger partial charge on any atom is -0.397 e. The van der Waals surface area contributed by atoms with Gasteiger partial charge in [0, 0.05) is 10.1 Å². The highest BCUT2D eigenvalue weighted by atomic mass is 127. The first-order valence-corrected chi connectivity index (χ1v) is 5.57. The molecule has 0 saturated carbocycles. The van der Waals surface area contributed by atoms with E-state index in [1.807, 2.05) is 19.1 Å². The van der Waals surface area contributed by atoms with Crippen molar-refractivity contribution in [1.82, 2.24) is 5.32 Å². The van der Waals surface area contributed by atoms with E-state index in [0.29, 0.717) is 17.8 Å². The standard InChI is InChI=1S/C10H13IN2O/c1-2-6-13-10(14)7-4-3-5-8(11)9(7)12/h3-5H,2,6,12H2,1H3,(H,13,14). The predicted octanol–water partition coefficient (Wildman–Crippen LogP) is 2.01. The van der Waals surface area contributed by atoms with Crippen LogP contribution in [-0.4, -0.2) is 12.5 Å². The summed E-state index contributed by atoms with van der Waals surface area (Å²) in [6, 6.07) is 5.45. The minimum atomic E-state index is -0.0946. The van der Waals surface area contributed by atoms with Crippen molar-refractivity contribution in [3.8, 4) is 0 Å². The zero-order valence-electron chi connectivity index (χ0n) is 8.01. The number of anilines is 1. The van der Waals surface area contributed by atoms with Gasteiger partial charge >= 0.3 is 0 Å². The van der Waals surface area contributed by atoms with E-state index >= 15 is 0 Å². The third-order valence-corrected chi connectivity index (χ3v) is 2.77. The molecule has 76 valence electrons. The highest BCUT2D eigenvalue weighted by Crippen LogP contribution is 2.18. The molecule has 3 nitrogen and oxygen atoms in total. The number of rotatable bonds is 3. The number of nitrogens with one attached hydrogen (secondary N) is 1. The first kappa shape index (κ1) is 11.3. The summed E-state index contributed by atoms with van der Waals surface area (Å²) in [5.74, 6) is -0.0946. The zero-order chi connectivity index (χ0) is 10.6. The number of hydrogen-bond acceptors (Lipinski definition) is 2. The molecule has 0 aromatic heterocycles. The molecule has 0 atom stereocenters. The molecule has 0 fully saturated rings. The van der Waals surface area contributed by atoms with E-state index in [-0.39, 0.29) is 5.91 Å². The number of carbonyl (C=O) groups is 1. The lowest BCUT2D eigenvalue weighted by atomic mass is 10.1. The lowest BCUT2D eigenvalue weighted by Gasteiger charge is -2.07. The number of benzene rings is 1. The smallest absolute Gasteiger partial charge is 0.253 e. The van der Waals surface area contributed by atoms with Gasteiger partial charge in [-0.25, -0.2) is 0 Å². The van der Waals surface area contributed by atoms with Gasteiger partial charge in [0.2, 0.25) is 0 Å². The Balaban J connectivity index is 2.84. The van der Waals surface area contributed by atoms with Crippen molar-refractivity contribution in [3.63, 3.8) is 0 Å². The fourth-order valence-corrected chi connectivity index (χ4v) is 1.57. The molecule has 4 heteroatoms. The van der Waals surface area contributed by atoms with Crippen LogP contribution >= 0.6 is 22.6 Å². The number of nitrogens with two attached hydrogens (primary N) is 1. The SMILES string of the molecule is CCCNC(=O)c1cccc(I)c1N. The molecule has 0 saturated heterocycles. The molecule has 0 bridgehead atoms. The highest BCUT2D eigenvalue weighted by molar-refractivity contribution is 14.1. The number of nitrogen functional groups attached to an aromatic ring is 1. The lowest BCUT2D eigenvalue weighted by molar-refractivity contribution is 0.0954. The maximum Gasteiger partial charge on any atom is 0.253 e. The second-order valence-electron chi connectivity index (χ2n) is 2.96. The first-order chi connectivity index (χ1) is 6.66. The van der Waals surface area contributed by atoms with E-state index in [2.05, 4.69) is 27.9 Å². The maximum absolute atomic E-state index is 11.6. The monoisotopic (exact) mass is 304 g/mol. The number of hydrogen-bond donors (Lipinski definition) is 2. The Morgan fingerprint density at radius 3 is 2.93 bits per heavy atom. The molecule has 0 heterocycles. The average Bonchev–Trinajstić information content (AvgIpc) is 2.18. The molecule has 0 aliphatic heterocycles. The first-order valence-electron chi connectivity index (χ1n) is 4.49. The molecule has 0 radical (unpaired) electrons. The molecule has 0 spiro atoms. The molecule has 1 amide bonds. The van der Waals surface area contributed by atoms with Crippen molar-refractivity contribution < 1.29 is 4.79 Å². The Bertz CT molecular complexity index is 339. The van der Waals surface area contributed by atoms with Crippen LogP contribution in [0.4, 0.5) is 5.69 Å². The van der Waals surface area contributed by atoms with E-state index in [1.54, 1.807) is 6.07 Å². The van der Waals surface area contributed by atoms with Gasteiger partial charge in [-0.2, -0.15) is 0 Å². The molecule has 0 aliphatic rings. The summed E-state index contributed by atoms with van der Waals surface area (Å²) in [5, 5.41) is 2.79. The second kappa shape index (κ2) is 5.19. The summed E-state index contributed by atoms with van der Waals surface area (Å²) in [6.07, 6.45) is 0.926. The van der Waals surface area contributed by atoms with Crippen LogP contribution in [0, 0.1) is 3.57 Å². The molecular weight excluding hydrogens is 291 g/mol. The van der Waals surface area contributed by atoms with Gasteiger partial charge in [0.25, 0.3) is 5.91 Å². The molecule has 0 unspecified atom stereocenters. The van der Waals surface area contributed by atoms with Gasteiger partial charge < -0.3 is 11.1 Å². The van der Waals surface area contributed by atoms with E-state index in [0.717, 1.165) is 9.99 Å². The van der Waals surface area contributed by atoms with Gasteiger partial charge in [-0.3, -0.25) is 4.79 Å². The number of para-hydroxylation sites is 1. The van der Waals surface area contributed by atoms with Crippen molar-refractivity contribution in [2.75, 3.05) is 12.3 Å². The van der Waals surface area contributed by atoms with Crippen LogP contribution in [-0.2, 0) is 0 Å². The maximum atomic E-state index is 11.6. The zero-order valence-corrected chi connectivity index (χ0v) is 10.2. The molecular formula is C10H13IN2O. The molecule has 14 heavy (non-hydrogen) atoms. The molecule has 3 N–H and O–H groups in total. The van der Waals surface area contributed by atoms with Crippen LogP contribution < -0.4 is 11.1 Å². The number of carbonyl (C=O) groups excluding carboxylic acids is 1. The van der Waals surface area contributed by atoms with Crippen molar-refractivity contribution in [2.24, 2.45) is 0 Å². The fraction of sp³-hybridized carbons (Fsp3) is 0.300. The van der Waals surface area contributed by atoms with Gasteiger partial charge in [0.15, 0.2) is 0 Å². The Kier molecular flexibility index (Phi) is 4.19. The normalized spacial score (nSPS) is 9.86. The molecule has 1 rings (SSSR count).